The molecule has 1 amide bonds. The van der Waals surface area contributed by atoms with E-state index < -0.39 is 41.4 Å². The predicted molar refractivity (Wildman–Crippen MR) is 124 cm³/mol. The van der Waals surface area contributed by atoms with Crippen molar-refractivity contribution in [2.75, 3.05) is 22.7 Å². The summed E-state index contributed by atoms with van der Waals surface area (Å²) in [4.78, 5) is 9.81. The molecule has 0 aliphatic heterocycles. The Hall–Kier alpha value is -3.10. The minimum absolute atomic E-state index is 0.157. The van der Waals surface area contributed by atoms with Gasteiger partial charge >= 0.3 is 0 Å². The molecule has 178 valence electrons. The number of halogens is 1. The van der Waals surface area contributed by atoms with Crippen molar-refractivity contribution < 1.29 is 35.8 Å². The summed E-state index contributed by atoms with van der Waals surface area (Å²) in [6.07, 6.45) is 0.255. The fourth-order valence-corrected chi connectivity index (χ4v) is 4.26. The number of phenols is 1. The lowest BCUT2D eigenvalue weighted by Gasteiger charge is -2.09. The topological polar surface area (TPSA) is 210 Å². The van der Waals surface area contributed by atoms with Gasteiger partial charge in [0.25, 0.3) is 20.2 Å². The molecule has 0 saturated carbocycles. The summed E-state index contributed by atoms with van der Waals surface area (Å²) < 4.78 is 60.7. The van der Waals surface area contributed by atoms with Gasteiger partial charge in [0.05, 0.1) is 17.1 Å². The molecule has 3 rings (SSSR count). The summed E-state index contributed by atoms with van der Waals surface area (Å²) in [6.45, 7) is 0. The van der Waals surface area contributed by atoms with Gasteiger partial charge in [-0.1, -0.05) is 24.3 Å². The Morgan fingerprint density at radius 2 is 1.42 bits per heavy atom. The molecule has 0 aromatic heterocycles. The molecule has 0 heterocycles. The smallest absolute Gasteiger partial charge is 0.296 e. The van der Waals surface area contributed by atoms with E-state index in [1.54, 1.807) is 18.2 Å². The zero-order chi connectivity index (χ0) is 25.0. The van der Waals surface area contributed by atoms with Crippen molar-refractivity contribution in [1.82, 2.24) is 0 Å². The van der Waals surface area contributed by atoms with E-state index in [4.69, 9.17) is 32.2 Å². The summed E-state index contributed by atoms with van der Waals surface area (Å²) in [6, 6.07) is 12.0. The number of aromatic hydroxyl groups is 1. The number of nitrogen functional groups attached to an aromatic ring is 2. The zero-order valence-electron chi connectivity index (χ0n) is 16.8. The fraction of sp³-hybridized carbons (Fsp3) is 0.105. The van der Waals surface area contributed by atoms with E-state index in [1.807, 2.05) is 18.2 Å². The molecular weight excluding hydrogens is 498 g/mol. The highest BCUT2D eigenvalue weighted by atomic mass is 35.5. The van der Waals surface area contributed by atoms with Crippen LogP contribution in [0.25, 0.3) is 10.8 Å². The molecule has 8 N–H and O–H groups in total. The molecule has 0 aliphatic carbocycles. The van der Waals surface area contributed by atoms with Gasteiger partial charge in [-0.25, -0.2) is 0 Å². The Bertz CT molecular complexity index is 1350. The van der Waals surface area contributed by atoms with Crippen LogP contribution < -0.4 is 16.8 Å². The number of fused-ring (bicyclic) bond motifs is 1. The zero-order valence-corrected chi connectivity index (χ0v) is 19.2. The first-order chi connectivity index (χ1) is 15.3. The van der Waals surface area contributed by atoms with Gasteiger partial charge in [-0.05, 0) is 29.7 Å². The first-order valence-corrected chi connectivity index (χ1v) is 12.4. The van der Waals surface area contributed by atoms with Gasteiger partial charge in [0.15, 0.2) is 0 Å². The van der Waals surface area contributed by atoms with Crippen LogP contribution in [0.3, 0.4) is 0 Å². The Morgan fingerprint density at radius 1 is 0.909 bits per heavy atom. The van der Waals surface area contributed by atoms with Gasteiger partial charge in [-0.2, -0.15) is 16.8 Å². The van der Waals surface area contributed by atoms with Gasteiger partial charge in [0, 0.05) is 17.7 Å². The first-order valence-electron chi connectivity index (χ1n) is 8.96. The lowest BCUT2D eigenvalue weighted by Crippen LogP contribution is -2.11. The molecule has 0 bridgehead atoms. The van der Waals surface area contributed by atoms with Gasteiger partial charge < -0.3 is 21.9 Å². The highest BCUT2D eigenvalue weighted by Gasteiger charge is 2.22. The standard InChI is InChI=1S/C13H12ClNO2.C6H8N2O6S2/c14-8-7-12(17)15-10-5-1-3-9-4-2-6-11(16)13(9)10;7-3-1-4(8)6(16(12,13)14)2-5(3)15(9,10)11/h1-6,16H,7-8H2,(H,15,17);1-2H,7-8H2,(H,9,10,11)(H,12,13,14). The molecule has 0 atom stereocenters. The van der Waals surface area contributed by atoms with Crippen molar-refractivity contribution in [1.29, 1.82) is 0 Å². The molecule has 0 spiro atoms. The summed E-state index contributed by atoms with van der Waals surface area (Å²) in [5.41, 5.74) is 10.2. The SMILES string of the molecule is Nc1cc(N)c(S(=O)(=O)O)cc1S(=O)(=O)O.O=C(CCCl)Nc1cccc2cccc(O)c12. The number of benzene rings is 3. The lowest BCUT2D eigenvalue weighted by atomic mass is 10.1. The third-order valence-corrected chi connectivity index (χ3v) is 6.18. The van der Waals surface area contributed by atoms with Gasteiger partial charge in [-0.3, -0.25) is 13.9 Å². The second kappa shape index (κ2) is 10.2. The average Bonchev–Trinajstić information content (AvgIpc) is 2.67. The van der Waals surface area contributed by atoms with Crippen molar-refractivity contribution in [3.63, 3.8) is 0 Å². The lowest BCUT2D eigenvalue weighted by molar-refractivity contribution is -0.115. The molecule has 33 heavy (non-hydrogen) atoms. The van der Waals surface area contributed by atoms with Crippen LogP contribution in [0.4, 0.5) is 17.1 Å². The average molecular weight is 518 g/mol. The van der Waals surface area contributed by atoms with E-state index >= 15 is 0 Å². The van der Waals surface area contributed by atoms with Crippen molar-refractivity contribution >= 4 is 65.6 Å². The van der Waals surface area contributed by atoms with E-state index in [9.17, 15) is 26.7 Å². The highest BCUT2D eigenvalue weighted by molar-refractivity contribution is 7.86. The van der Waals surface area contributed by atoms with Crippen LogP contribution in [0.1, 0.15) is 6.42 Å². The van der Waals surface area contributed by atoms with Crippen molar-refractivity contribution in [2.45, 2.75) is 16.2 Å². The van der Waals surface area contributed by atoms with Crippen molar-refractivity contribution in [3.8, 4) is 5.75 Å². The predicted octanol–water partition coefficient (Wildman–Crippen LogP) is 2.46. The number of carbonyl (C=O) groups excluding carboxylic acids is 1. The molecule has 0 unspecified atom stereocenters. The molecule has 0 radical (unpaired) electrons. The Labute approximate surface area is 194 Å². The number of phenolic OH excluding ortho intramolecular Hbond substituents is 1. The Morgan fingerprint density at radius 3 is 1.91 bits per heavy atom. The minimum Gasteiger partial charge on any atom is -0.507 e. The molecule has 0 saturated heterocycles. The van der Waals surface area contributed by atoms with E-state index in [0.717, 1.165) is 11.5 Å². The highest BCUT2D eigenvalue weighted by Crippen LogP contribution is 2.31. The molecule has 11 nitrogen and oxygen atoms in total. The molecular formula is C19H20ClN3O8S2. The van der Waals surface area contributed by atoms with E-state index in [0.29, 0.717) is 17.1 Å². The van der Waals surface area contributed by atoms with Crippen molar-refractivity contribution in [3.05, 3.63) is 48.5 Å². The summed E-state index contributed by atoms with van der Waals surface area (Å²) in [5, 5.41) is 14.1. The molecule has 0 fully saturated rings. The normalized spacial score (nSPS) is 11.5. The van der Waals surface area contributed by atoms with Crippen molar-refractivity contribution in [2.24, 2.45) is 0 Å². The molecule has 14 heteroatoms. The van der Waals surface area contributed by atoms with E-state index in [2.05, 4.69) is 5.32 Å². The second-order valence-corrected chi connectivity index (χ2v) is 9.70. The van der Waals surface area contributed by atoms with E-state index in [-0.39, 0.29) is 24.0 Å². The number of amides is 1. The van der Waals surface area contributed by atoms with Crippen LogP contribution in [0, 0.1) is 0 Å². The quantitative estimate of drug-likeness (QED) is 0.165. The molecule has 3 aromatic rings. The second-order valence-electron chi connectivity index (χ2n) is 6.55. The fourth-order valence-electron chi connectivity index (χ4n) is 2.77. The van der Waals surface area contributed by atoms with Crippen LogP contribution in [-0.4, -0.2) is 42.8 Å². The number of nitrogens with one attached hydrogen (secondary N) is 1. The van der Waals surface area contributed by atoms with Gasteiger partial charge in [-0.15, -0.1) is 11.6 Å². The number of anilines is 3. The maximum Gasteiger partial charge on any atom is 0.296 e. The van der Waals surface area contributed by atoms with Gasteiger partial charge in [0.2, 0.25) is 5.91 Å². The number of alkyl halides is 1. The first kappa shape index (κ1) is 26.2. The number of hydrogen-bond donors (Lipinski definition) is 6. The molecule has 3 aromatic carbocycles. The van der Waals surface area contributed by atoms with Crippen LogP contribution in [0.2, 0.25) is 0 Å². The summed E-state index contributed by atoms with van der Waals surface area (Å²) in [5.74, 6) is 0.280. The third kappa shape index (κ3) is 6.69. The Balaban J connectivity index is 0.000000234. The minimum atomic E-state index is -4.69. The van der Waals surface area contributed by atoms with Crippen LogP contribution in [0.5, 0.6) is 5.75 Å². The number of hydrogen-bond acceptors (Lipinski definition) is 8. The summed E-state index contributed by atoms with van der Waals surface area (Å²) in [7, 11) is -9.38. The molecule has 0 aliphatic rings. The van der Waals surface area contributed by atoms with Crippen LogP contribution >= 0.6 is 11.6 Å². The number of carbonyl (C=O) groups is 1. The monoisotopic (exact) mass is 517 g/mol. The largest absolute Gasteiger partial charge is 0.507 e. The van der Waals surface area contributed by atoms with Crippen LogP contribution in [0.15, 0.2) is 58.3 Å². The maximum atomic E-state index is 11.5. The van der Waals surface area contributed by atoms with E-state index in [1.165, 1.54) is 0 Å². The van der Waals surface area contributed by atoms with Crippen LogP contribution in [-0.2, 0) is 25.0 Å². The third-order valence-electron chi connectivity index (χ3n) is 4.18. The number of nitrogens with two attached hydrogens (primary N) is 2. The van der Waals surface area contributed by atoms with Gasteiger partial charge in [0.1, 0.15) is 15.5 Å². The maximum absolute atomic E-state index is 11.5. The Kier molecular flexibility index (Phi) is 8.11. The summed E-state index contributed by atoms with van der Waals surface area (Å²) >= 11 is 5.50. The number of rotatable bonds is 5.